The fourth-order valence-corrected chi connectivity index (χ4v) is 4.28. The van der Waals surface area contributed by atoms with Gasteiger partial charge in [-0.1, -0.05) is 37.3 Å². The molecule has 1 aromatic carbocycles. The highest BCUT2D eigenvalue weighted by Gasteiger charge is 2.35. The molecule has 1 aliphatic heterocycles. The van der Waals surface area contributed by atoms with Crippen LogP contribution in [0.2, 0.25) is 0 Å². The van der Waals surface area contributed by atoms with Crippen molar-refractivity contribution < 1.29 is 29.1 Å². The van der Waals surface area contributed by atoms with Crippen molar-refractivity contribution in [2.75, 3.05) is 26.7 Å². The zero-order valence-electron chi connectivity index (χ0n) is 20.8. The van der Waals surface area contributed by atoms with E-state index in [0.29, 0.717) is 56.7 Å². The number of nitrogens with zero attached hydrogens (tertiary/aromatic N) is 3. The van der Waals surface area contributed by atoms with Crippen LogP contribution in [-0.2, 0) is 30.3 Å². The standard InChI is InChI=1S/C25H38N4O6/c1-19-15-28(20(2)32)14-8-13-23(27(3)17-30)26-24(33)22(25(35-16-19)29(34)18-31)12-7-11-21-9-5-4-6-10-21/h4-6,9-10,17-19,22-23,25,34H,7-8,11-16H2,1-3H3,(H,26,33). The highest BCUT2D eigenvalue weighted by molar-refractivity contribution is 5.80. The third kappa shape index (κ3) is 8.95. The summed E-state index contributed by atoms with van der Waals surface area (Å²) in [5.41, 5.74) is 1.11. The molecular formula is C25H38N4O6. The smallest absolute Gasteiger partial charge is 0.235 e. The zero-order chi connectivity index (χ0) is 25.8. The van der Waals surface area contributed by atoms with E-state index in [2.05, 4.69) is 5.32 Å². The number of amides is 4. The van der Waals surface area contributed by atoms with Crippen molar-refractivity contribution in [2.24, 2.45) is 11.8 Å². The lowest BCUT2D eigenvalue weighted by Crippen LogP contribution is -2.53. The summed E-state index contributed by atoms with van der Waals surface area (Å²) in [6.45, 7) is 4.45. The number of rotatable bonds is 8. The summed E-state index contributed by atoms with van der Waals surface area (Å²) in [4.78, 5) is 51.6. The Morgan fingerprint density at radius 2 is 1.97 bits per heavy atom. The molecule has 1 saturated heterocycles. The number of hydrogen-bond donors (Lipinski definition) is 2. The average molecular weight is 491 g/mol. The molecule has 194 valence electrons. The van der Waals surface area contributed by atoms with Crippen LogP contribution in [0.4, 0.5) is 0 Å². The Morgan fingerprint density at radius 1 is 1.26 bits per heavy atom. The van der Waals surface area contributed by atoms with E-state index in [0.717, 1.165) is 5.56 Å². The molecule has 2 rings (SSSR count). The number of ether oxygens (including phenoxy) is 1. The fraction of sp³-hybridized carbons (Fsp3) is 0.600. The van der Waals surface area contributed by atoms with Gasteiger partial charge < -0.3 is 19.9 Å². The van der Waals surface area contributed by atoms with Gasteiger partial charge in [0, 0.05) is 27.1 Å². The lowest BCUT2D eigenvalue weighted by atomic mass is 9.96. The molecule has 1 heterocycles. The number of nitrogens with one attached hydrogen (secondary N) is 1. The van der Waals surface area contributed by atoms with Crippen LogP contribution in [0, 0.1) is 11.8 Å². The van der Waals surface area contributed by atoms with Crippen LogP contribution in [0.15, 0.2) is 30.3 Å². The number of hydrogen-bond acceptors (Lipinski definition) is 6. The van der Waals surface area contributed by atoms with Gasteiger partial charge in [0.05, 0.1) is 12.5 Å². The second-order valence-electron chi connectivity index (χ2n) is 9.20. The Balaban J connectivity index is 2.30. The highest BCUT2D eigenvalue weighted by Crippen LogP contribution is 2.22. The third-order valence-electron chi connectivity index (χ3n) is 6.27. The van der Waals surface area contributed by atoms with Crippen LogP contribution >= 0.6 is 0 Å². The molecular weight excluding hydrogens is 452 g/mol. The first kappa shape index (κ1) is 28.3. The minimum atomic E-state index is -1.21. The summed E-state index contributed by atoms with van der Waals surface area (Å²) in [6.07, 6.45) is 1.75. The Morgan fingerprint density at radius 3 is 2.60 bits per heavy atom. The van der Waals surface area contributed by atoms with Gasteiger partial charge in [-0.3, -0.25) is 24.4 Å². The molecule has 0 aliphatic carbocycles. The molecule has 35 heavy (non-hydrogen) atoms. The first-order valence-electron chi connectivity index (χ1n) is 12.1. The van der Waals surface area contributed by atoms with Crippen LogP contribution in [0.1, 0.15) is 45.1 Å². The molecule has 4 amide bonds. The Hall–Kier alpha value is -2.98. The highest BCUT2D eigenvalue weighted by atomic mass is 16.6. The van der Waals surface area contributed by atoms with E-state index in [4.69, 9.17) is 4.74 Å². The van der Waals surface area contributed by atoms with Crippen molar-refractivity contribution >= 4 is 24.6 Å². The molecule has 2 N–H and O–H groups in total. The molecule has 0 saturated carbocycles. The van der Waals surface area contributed by atoms with E-state index in [1.807, 2.05) is 37.3 Å². The minimum Gasteiger partial charge on any atom is -0.355 e. The molecule has 0 radical (unpaired) electrons. The van der Waals surface area contributed by atoms with Crippen molar-refractivity contribution in [3.63, 3.8) is 0 Å². The molecule has 4 atom stereocenters. The maximum Gasteiger partial charge on any atom is 0.235 e. The van der Waals surface area contributed by atoms with Crippen LogP contribution in [-0.4, -0.2) is 83.8 Å². The van der Waals surface area contributed by atoms with E-state index in [1.54, 1.807) is 11.9 Å². The van der Waals surface area contributed by atoms with Gasteiger partial charge in [-0.05, 0) is 43.6 Å². The molecule has 10 nitrogen and oxygen atoms in total. The number of aryl methyl sites for hydroxylation is 1. The van der Waals surface area contributed by atoms with Crippen molar-refractivity contribution in [2.45, 2.75) is 58.3 Å². The zero-order valence-corrected chi connectivity index (χ0v) is 20.8. The van der Waals surface area contributed by atoms with Crippen LogP contribution in [0.5, 0.6) is 0 Å². The topological polar surface area (TPSA) is 119 Å². The van der Waals surface area contributed by atoms with Crippen LogP contribution in [0.25, 0.3) is 0 Å². The van der Waals surface area contributed by atoms with Gasteiger partial charge in [0.2, 0.25) is 24.6 Å². The lowest BCUT2D eigenvalue weighted by Gasteiger charge is -2.33. The number of benzene rings is 1. The number of carbonyl (C=O) groups is 4. The van der Waals surface area contributed by atoms with E-state index < -0.39 is 24.2 Å². The van der Waals surface area contributed by atoms with Gasteiger partial charge in [0.25, 0.3) is 0 Å². The first-order valence-corrected chi connectivity index (χ1v) is 12.1. The number of carbonyl (C=O) groups excluding carboxylic acids is 4. The average Bonchev–Trinajstić information content (AvgIpc) is 2.86. The molecule has 0 bridgehead atoms. The molecule has 0 spiro atoms. The first-order chi connectivity index (χ1) is 16.8. The van der Waals surface area contributed by atoms with E-state index in [9.17, 15) is 24.4 Å². The third-order valence-corrected chi connectivity index (χ3v) is 6.27. The molecule has 0 aromatic heterocycles. The summed E-state index contributed by atoms with van der Waals surface area (Å²) in [6, 6.07) is 9.82. The SMILES string of the molecule is CC(=O)N1CCCC(N(C)C=O)NC(=O)C(CCCc2ccccc2)C(N(O)C=O)OCC(C)C1. The van der Waals surface area contributed by atoms with Crippen molar-refractivity contribution in [1.29, 1.82) is 0 Å². The van der Waals surface area contributed by atoms with Gasteiger partial charge in [-0.15, -0.1) is 0 Å². The van der Waals surface area contributed by atoms with Gasteiger partial charge in [-0.2, -0.15) is 5.06 Å². The summed E-state index contributed by atoms with van der Waals surface area (Å²) in [5, 5.41) is 13.6. The second kappa shape index (κ2) is 14.4. The van der Waals surface area contributed by atoms with Crippen molar-refractivity contribution in [1.82, 2.24) is 20.2 Å². The van der Waals surface area contributed by atoms with Gasteiger partial charge in [-0.25, -0.2) is 0 Å². The predicted octanol–water partition coefficient (Wildman–Crippen LogP) is 1.62. The fourth-order valence-electron chi connectivity index (χ4n) is 4.28. The minimum absolute atomic E-state index is 0.0805. The molecule has 1 aliphatic rings. The molecule has 1 fully saturated rings. The van der Waals surface area contributed by atoms with Gasteiger partial charge in [0.1, 0.15) is 6.17 Å². The van der Waals surface area contributed by atoms with Crippen LogP contribution < -0.4 is 5.32 Å². The van der Waals surface area contributed by atoms with Gasteiger partial charge >= 0.3 is 0 Å². The Labute approximate surface area is 207 Å². The summed E-state index contributed by atoms with van der Waals surface area (Å²) >= 11 is 0. The van der Waals surface area contributed by atoms with Gasteiger partial charge in [0.15, 0.2) is 6.23 Å². The van der Waals surface area contributed by atoms with Crippen LogP contribution in [0.3, 0.4) is 0 Å². The normalized spacial score (nSPS) is 24.2. The van der Waals surface area contributed by atoms with E-state index in [-0.39, 0.29) is 24.8 Å². The van der Waals surface area contributed by atoms with E-state index >= 15 is 0 Å². The van der Waals surface area contributed by atoms with E-state index in [1.165, 1.54) is 11.8 Å². The molecule has 10 heteroatoms. The van der Waals surface area contributed by atoms with Crippen molar-refractivity contribution in [3.05, 3.63) is 35.9 Å². The molecule has 1 aromatic rings. The predicted molar refractivity (Wildman–Crippen MR) is 129 cm³/mol. The summed E-state index contributed by atoms with van der Waals surface area (Å²) in [7, 11) is 1.57. The monoisotopic (exact) mass is 490 g/mol. The molecule has 4 unspecified atom stereocenters. The Bertz CT molecular complexity index is 823. The maximum absolute atomic E-state index is 13.4. The maximum atomic E-state index is 13.4. The quantitative estimate of drug-likeness (QED) is 0.325. The summed E-state index contributed by atoms with van der Waals surface area (Å²) < 4.78 is 5.92. The second-order valence-corrected chi connectivity index (χ2v) is 9.20. The largest absolute Gasteiger partial charge is 0.355 e. The summed E-state index contributed by atoms with van der Waals surface area (Å²) in [5.74, 6) is -1.46. The lowest BCUT2D eigenvalue weighted by molar-refractivity contribution is -0.223. The number of hydroxylamine groups is 2. The van der Waals surface area contributed by atoms with Crippen molar-refractivity contribution in [3.8, 4) is 0 Å². The Kier molecular flexibility index (Phi) is 11.6.